The van der Waals surface area contributed by atoms with E-state index in [0.29, 0.717) is 0 Å². The summed E-state index contributed by atoms with van der Waals surface area (Å²) < 4.78 is 26.5. The minimum absolute atomic E-state index is 0.0734. The van der Waals surface area contributed by atoms with Crippen LogP contribution in [0.5, 0.6) is 0 Å². The van der Waals surface area contributed by atoms with E-state index >= 15 is 0 Å². The summed E-state index contributed by atoms with van der Waals surface area (Å²) in [7, 11) is 0. The molecule has 0 saturated heterocycles. The Morgan fingerprint density at radius 1 is 1.28 bits per heavy atom. The van der Waals surface area contributed by atoms with Crippen LogP contribution >= 0.6 is 11.8 Å². The van der Waals surface area contributed by atoms with Gasteiger partial charge >= 0.3 is 0 Å². The third-order valence-electron chi connectivity index (χ3n) is 2.17. The minimum atomic E-state index is -0.565. The van der Waals surface area contributed by atoms with Crippen molar-refractivity contribution in [3.8, 4) is 6.07 Å². The van der Waals surface area contributed by atoms with Crippen LogP contribution < -0.4 is 5.73 Å². The number of aromatic nitrogens is 1. The number of anilines is 1. The van der Waals surface area contributed by atoms with Crippen LogP contribution in [0.4, 0.5) is 14.5 Å². The third kappa shape index (κ3) is 2.41. The second-order valence-corrected chi connectivity index (χ2v) is 4.40. The van der Waals surface area contributed by atoms with Crippen molar-refractivity contribution in [2.45, 2.75) is 9.92 Å². The Bertz CT molecular complexity index is 638. The summed E-state index contributed by atoms with van der Waals surface area (Å²) in [6.45, 7) is 0. The smallest absolute Gasteiger partial charge is 0.137 e. The van der Waals surface area contributed by atoms with Crippen LogP contribution in [0.25, 0.3) is 0 Å². The first-order valence-corrected chi connectivity index (χ1v) is 5.71. The second kappa shape index (κ2) is 5.02. The van der Waals surface area contributed by atoms with E-state index in [2.05, 4.69) is 4.98 Å². The zero-order chi connectivity index (χ0) is 13.1. The first-order chi connectivity index (χ1) is 8.61. The average Bonchev–Trinajstić information content (AvgIpc) is 2.36. The SMILES string of the molecule is N#Cc1ccnc(Sc2cc(F)ccc2F)c1N. The number of hydrogen-bond donors (Lipinski definition) is 1. The molecule has 0 radical (unpaired) electrons. The Kier molecular flexibility index (Phi) is 3.44. The number of nitriles is 1. The van der Waals surface area contributed by atoms with Crippen molar-refractivity contribution in [3.05, 3.63) is 47.7 Å². The Balaban J connectivity index is 2.41. The summed E-state index contributed by atoms with van der Waals surface area (Å²) in [6.07, 6.45) is 1.40. The molecule has 0 aliphatic carbocycles. The molecule has 1 aromatic heterocycles. The van der Waals surface area contributed by atoms with Gasteiger partial charge in [-0.05, 0) is 24.3 Å². The van der Waals surface area contributed by atoms with Crippen LogP contribution in [0.2, 0.25) is 0 Å². The van der Waals surface area contributed by atoms with E-state index < -0.39 is 11.6 Å². The second-order valence-electron chi connectivity index (χ2n) is 3.37. The minimum Gasteiger partial charge on any atom is -0.395 e. The predicted octanol–water partition coefficient (Wildman–Crippen LogP) is 2.96. The molecule has 0 unspecified atom stereocenters. The van der Waals surface area contributed by atoms with Crippen LogP contribution in [0.1, 0.15) is 5.56 Å². The molecular formula is C12H7F2N3S. The lowest BCUT2D eigenvalue weighted by molar-refractivity contribution is 0.577. The first kappa shape index (κ1) is 12.3. The normalized spacial score (nSPS) is 10.1. The van der Waals surface area contributed by atoms with Crippen molar-refractivity contribution in [2.24, 2.45) is 0 Å². The van der Waals surface area contributed by atoms with Crippen molar-refractivity contribution < 1.29 is 8.78 Å². The van der Waals surface area contributed by atoms with Crippen molar-refractivity contribution in [2.75, 3.05) is 5.73 Å². The van der Waals surface area contributed by atoms with Crippen LogP contribution in [0.3, 0.4) is 0 Å². The number of nitrogen functional groups attached to an aromatic ring is 1. The molecule has 1 aromatic carbocycles. The monoisotopic (exact) mass is 263 g/mol. The van der Waals surface area contributed by atoms with Gasteiger partial charge in [0, 0.05) is 6.20 Å². The number of rotatable bonds is 2. The molecule has 0 spiro atoms. The van der Waals surface area contributed by atoms with E-state index in [1.54, 1.807) is 0 Å². The fourth-order valence-electron chi connectivity index (χ4n) is 1.29. The number of halogens is 2. The lowest BCUT2D eigenvalue weighted by Gasteiger charge is -2.06. The van der Waals surface area contributed by atoms with Crippen LogP contribution in [0, 0.1) is 23.0 Å². The summed E-state index contributed by atoms with van der Waals surface area (Å²) in [5.41, 5.74) is 6.12. The molecule has 2 N–H and O–H groups in total. The number of benzene rings is 1. The quantitative estimate of drug-likeness (QED) is 0.904. The zero-order valence-corrected chi connectivity index (χ0v) is 9.84. The molecule has 1 heterocycles. The lowest BCUT2D eigenvalue weighted by atomic mass is 10.2. The lowest BCUT2D eigenvalue weighted by Crippen LogP contribution is -1.96. The molecule has 3 nitrogen and oxygen atoms in total. The molecule has 0 aliphatic rings. The zero-order valence-electron chi connectivity index (χ0n) is 9.02. The maximum absolute atomic E-state index is 13.4. The van der Waals surface area contributed by atoms with Gasteiger partial charge in [-0.15, -0.1) is 0 Å². The highest BCUT2D eigenvalue weighted by Gasteiger charge is 2.11. The van der Waals surface area contributed by atoms with Crippen LogP contribution in [0.15, 0.2) is 40.4 Å². The molecule has 18 heavy (non-hydrogen) atoms. The van der Waals surface area contributed by atoms with Gasteiger partial charge in [0.2, 0.25) is 0 Å². The van der Waals surface area contributed by atoms with Gasteiger partial charge in [-0.25, -0.2) is 13.8 Å². The van der Waals surface area contributed by atoms with Crippen molar-refractivity contribution in [3.63, 3.8) is 0 Å². The van der Waals surface area contributed by atoms with Crippen LogP contribution in [-0.4, -0.2) is 4.98 Å². The molecule has 0 bridgehead atoms. The highest BCUT2D eigenvalue weighted by molar-refractivity contribution is 7.99. The molecular weight excluding hydrogens is 256 g/mol. The first-order valence-electron chi connectivity index (χ1n) is 4.89. The third-order valence-corrected chi connectivity index (χ3v) is 3.23. The molecule has 0 amide bonds. The number of nitrogens with two attached hydrogens (primary N) is 1. The molecule has 0 atom stereocenters. The van der Waals surface area contributed by atoms with E-state index in [1.807, 2.05) is 6.07 Å². The van der Waals surface area contributed by atoms with Crippen molar-refractivity contribution in [1.29, 1.82) is 5.26 Å². The molecule has 0 aliphatic heterocycles. The largest absolute Gasteiger partial charge is 0.395 e. The van der Waals surface area contributed by atoms with Gasteiger partial charge in [0.25, 0.3) is 0 Å². The molecule has 2 aromatic rings. The summed E-state index contributed by atoms with van der Waals surface area (Å²) in [4.78, 5) is 4.02. The number of pyridine rings is 1. The van der Waals surface area contributed by atoms with Crippen molar-refractivity contribution in [1.82, 2.24) is 4.98 Å². The maximum atomic E-state index is 13.4. The highest BCUT2D eigenvalue weighted by Crippen LogP contribution is 2.33. The van der Waals surface area contributed by atoms with Gasteiger partial charge in [0.05, 0.1) is 16.1 Å². The van der Waals surface area contributed by atoms with Gasteiger partial charge in [-0.1, -0.05) is 11.8 Å². The summed E-state index contributed by atoms with van der Waals surface area (Å²) in [5, 5.41) is 9.08. The van der Waals surface area contributed by atoms with E-state index in [-0.39, 0.29) is 21.2 Å². The molecule has 6 heteroatoms. The highest BCUT2D eigenvalue weighted by atomic mass is 32.2. The van der Waals surface area contributed by atoms with Gasteiger partial charge in [-0.3, -0.25) is 0 Å². The van der Waals surface area contributed by atoms with Crippen molar-refractivity contribution >= 4 is 17.4 Å². The van der Waals surface area contributed by atoms with E-state index in [0.717, 1.165) is 30.0 Å². The molecule has 0 saturated carbocycles. The molecule has 0 fully saturated rings. The Labute approximate surface area is 106 Å². The number of hydrogen-bond acceptors (Lipinski definition) is 4. The standard InChI is InChI=1S/C12H7F2N3S/c13-8-1-2-9(14)10(5-8)18-12-11(16)7(6-15)3-4-17-12/h1-5H,16H2. The summed E-state index contributed by atoms with van der Waals surface area (Å²) in [5.74, 6) is -1.11. The topological polar surface area (TPSA) is 62.7 Å². The van der Waals surface area contributed by atoms with Gasteiger partial charge in [0.15, 0.2) is 0 Å². The van der Waals surface area contributed by atoms with Gasteiger partial charge < -0.3 is 5.73 Å². The van der Waals surface area contributed by atoms with E-state index in [9.17, 15) is 8.78 Å². The van der Waals surface area contributed by atoms with Gasteiger partial charge in [-0.2, -0.15) is 5.26 Å². The Morgan fingerprint density at radius 2 is 2.06 bits per heavy atom. The Hall–Kier alpha value is -2.13. The summed E-state index contributed by atoms with van der Waals surface area (Å²) in [6, 6.07) is 6.48. The van der Waals surface area contributed by atoms with Crippen LogP contribution in [-0.2, 0) is 0 Å². The number of nitrogens with zero attached hydrogens (tertiary/aromatic N) is 2. The fraction of sp³-hybridized carbons (Fsp3) is 0. The van der Waals surface area contributed by atoms with E-state index in [1.165, 1.54) is 12.3 Å². The predicted molar refractivity (Wildman–Crippen MR) is 63.8 cm³/mol. The Morgan fingerprint density at radius 3 is 2.78 bits per heavy atom. The van der Waals surface area contributed by atoms with Gasteiger partial charge in [0.1, 0.15) is 22.7 Å². The fourth-order valence-corrected chi connectivity index (χ4v) is 2.17. The average molecular weight is 263 g/mol. The maximum Gasteiger partial charge on any atom is 0.137 e. The molecule has 2 rings (SSSR count). The summed E-state index contributed by atoms with van der Waals surface area (Å²) >= 11 is 0.882. The molecule has 90 valence electrons. The van der Waals surface area contributed by atoms with E-state index in [4.69, 9.17) is 11.0 Å².